The molecule has 0 bridgehead atoms. The number of rotatable bonds is 10. The van der Waals surface area contributed by atoms with Gasteiger partial charge in [0.05, 0.1) is 6.42 Å². The van der Waals surface area contributed by atoms with Crippen molar-refractivity contribution in [1.29, 1.82) is 0 Å². The van der Waals surface area contributed by atoms with Crippen LogP contribution in [0.25, 0.3) is 0 Å². The van der Waals surface area contributed by atoms with Gasteiger partial charge in [-0.3, -0.25) is 9.89 Å². The van der Waals surface area contributed by atoms with E-state index < -0.39 is 5.82 Å². The Bertz CT molecular complexity index is 1050. The number of hydrogen-bond donors (Lipinski definition) is 3. The predicted octanol–water partition coefficient (Wildman–Crippen LogP) is 2.35. The second kappa shape index (κ2) is 10.6. The van der Waals surface area contributed by atoms with Crippen molar-refractivity contribution in [2.75, 3.05) is 49.8 Å². The normalized spacial score (nSPS) is 10.9. The molecule has 0 fully saturated rings. The van der Waals surface area contributed by atoms with Crippen LogP contribution < -0.4 is 15.5 Å². The van der Waals surface area contributed by atoms with Gasteiger partial charge in [0.1, 0.15) is 11.6 Å². The molecule has 2 aromatic heterocycles. The Morgan fingerprint density at radius 2 is 1.94 bits per heavy atom. The van der Waals surface area contributed by atoms with Crippen LogP contribution in [0.2, 0.25) is 0 Å². The number of nitrogens with one attached hydrogen (secondary N) is 3. The van der Waals surface area contributed by atoms with Gasteiger partial charge in [-0.2, -0.15) is 20.1 Å². The molecule has 1 aromatic carbocycles. The van der Waals surface area contributed by atoms with Crippen LogP contribution in [0, 0.1) is 12.7 Å². The van der Waals surface area contributed by atoms with Crippen molar-refractivity contribution in [3.63, 3.8) is 0 Å². The summed E-state index contributed by atoms with van der Waals surface area (Å²) in [7, 11) is 6.02. The highest BCUT2D eigenvalue weighted by molar-refractivity contribution is 5.92. The van der Waals surface area contributed by atoms with E-state index in [-0.39, 0.29) is 12.3 Å². The maximum atomic E-state index is 13.3. The number of carbonyl (C=O) groups is 1. The zero-order valence-corrected chi connectivity index (χ0v) is 18.7. The van der Waals surface area contributed by atoms with Gasteiger partial charge in [-0.1, -0.05) is 6.07 Å². The molecule has 0 saturated carbocycles. The summed E-state index contributed by atoms with van der Waals surface area (Å²) in [6.07, 6.45) is 1.04. The van der Waals surface area contributed by atoms with Crippen molar-refractivity contribution < 1.29 is 9.18 Å². The fourth-order valence-electron chi connectivity index (χ4n) is 2.99. The lowest BCUT2D eigenvalue weighted by Gasteiger charge is -2.19. The van der Waals surface area contributed by atoms with Crippen LogP contribution in [0.1, 0.15) is 17.9 Å². The molecule has 0 unspecified atom stereocenters. The summed E-state index contributed by atoms with van der Waals surface area (Å²) in [4.78, 5) is 29.5. The lowest BCUT2D eigenvalue weighted by molar-refractivity contribution is -0.115. The van der Waals surface area contributed by atoms with Gasteiger partial charge in [0.25, 0.3) is 0 Å². The van der Waals surface area contributed by atoms with Crippen LogP contribution >= 0.6 is 0 Å². The van der Waals surface area contributed by atoms with Gasteiger partial charge in [0, 0.05) is 31.0 Å². The van der Waals surface area contributed by atoms with E-state index in [2.05, 4.69) is 40.7 Å². The summed E-state index contributed by atoms with van der Waals surface area (Å²) in [6.45, 7) is 3.59. The first-order valence-corrected chi connectivity index (χ1v) is 10.2. The second-order valence-corrected chi connectivity index (χ2v) is 7.72. The fourth-order valence-corrected chi connectivity index (χ4v) is 2.99. The number of benzene rings is 1. The lowest BCUT2D eigenvalue weighted by Crippen LogP contribution is -2.25. The van der Waals surface area contributed by atoms with E-state index in [1.54, 1.807) is 19.1 Å². The van der Waals surface area contributed by atoms with Crippen LogP contribution in [0.5, 0.6) is 0 Å². The molecular weight excluding hydrogens is 413 g/mol. The van der Waals surface area contributed by atoms with E-state index in [4.69, 9.17) is 0 Å². The minimum Gasteiger partial charge on any atom is -0.344 e. The molecule has 2 heterocycles. The third kappa shape index (κ3) is 6.98. The van der Waals surface area contributed by atoms with E-state index in [0.717, 1.165) is 19.5 Å². The average molecular weight is 442 g/mol. The number of anilines is 4. The largest absolute Gasteiger partial charge is 0.344 e. The van der Waals surface area contributed by atoms with Crippen molar-refractivity contribution in [2.24, 2.45) is 0 Å². The standard InChI is InChI=1S/C21H28FN9O/c1-14-23-20(27-21(24-14)31(4)10-6-9-30(2)3)26-18-12-17(28-29-18)13-19(32)25-16-8-5-7-15(22)11-16/h5,7-8,11-12H,6,9-10,13H2,1-4H3,(H,25,32)(H2,23,24,26,27,28,29). The summed E-state index contributed by atoms with van der Waals surface area (Å²) in [5, 5.41) is 12.7. The van der Waals surface area contributed by atoms with Crippen LogP contribution in [-0.4, -0.2) is 70.2 Å². The van der Waals surface area contributed by atoms with Crippen LogP contribution in [0.4, 0.5) is 27.8 Å². The van der Waals surface area contributed by atoms with Gasteiger partial charge in [-0.05, 0) is 52.2 Å². The van der Waals surface area contributed by atoms with E-state index in [0.29, 0.717) is 34.9 Å². The Kier molecular flexibility index (Phi) is 7.66. The van der Waals surface area contributed by atoms with Crippen molar-refractivity contribution in [3.05, 3.63) is 47.7 Å². The first-order chi connectivity index (χ1) is 15.3. The van der Waals surface area contributed by atoms with Crippen LogP contribution in [0.3, 0.4) is 0 Å². The highest BCUT2D eigenvalue weighted by atomic mass is 19.1. The zero-order valence-electron chi connectivity index (χ0n) is 18.7. The number of H-pyrrole nitrogens is 1. The Balaban J connectivity index is 1.59. The lowest BCUT2D eigenvalue weighted by atomic mass is 10.2. The summed E-state index contributed by atoms with van der Waals surface area (Å²) >= 11 is 0. The number of carbonyl (C=O) groups excluding carboxylic acids is 1. The molecule has 170 valence electrons. The average Bonchev–Trinajstić information content (AvgIpc) is 3.13. The number of hydrogen-bond acceptors (Lipinski definition) is 8. The minimum absolute atomic E-state index is 0.0568. The summed E-state index contributed by atoms with van der Waals surface area (Å²) in [5.74, 6) is 1.31. The second-order valence-electron chi connectivity index (χ2n) is 7.72. The molecule has 0 aliphatic rings. The third-order valence-corrected chi connectivity index (χ3v) is 4.51. The summed E-state index contributed by atoms with van der Waals surface area (Å²) in [6, 6.07) is 7.44. The van der Waals surface area contributed by atoms with Gasteiger partial charge in [-0.25, -0.2) is 4.39 Å². The van der Waals surface area contributed by atoms with Crippen LogP contribution in [-0.2, 0) is 11.2 Å². The molecule has 3 rings (SSSR count). The number of amides is 1. The van der Waals surface area contributed by atoms with E-state index >= 15 is 0 Å². The molecule has 0 aliphatic carbocycles. The highest BCUT2D eigenvalue weighted by Gasteiger charge is 2.12. The maximum Gasteiger partial charge on any atom is 0.233 e. The van der Waals surface area contributed by atoms with Crippen molar-refractivity contribution in [3.8, 4) is 0 Å². The predicted molar refractivity (Wildman–Crippen MR) is 122 cm³/mol. The number of aromatic amines is 1. The smallest absolute Gasteiger partial charge is 0.233 e. The van der Waals surface area contributed by atoms with Gasteiger partial charge >= 0.3 is 0 Å². The SMILES string of the molecule is Cc1nc(Nc2cc(CC(=O)Nc3cccc(F)c3)[nH]n2)nc(N(C)CCCN(C)C)n1. The molecule has 32 heavy (non-hydrogen) atoms. The molecule has 1 amide bonds. The molecule has 0 radical (unpaired) electrons. The Hall–Kier alpha value is -3.60. The van der Waals surface area contributed by atoms with Crippen LogP contribution in [0.15, 0.2) is 30.3 Å². The Morgan fingerprint density at radius 3 is 2.69 bits per heavy atom. The zero-order chi connectivity index (χ0) is 23.1. The molecule has 0 atom stereocenters. The fraction of sp³-hybridized carbons (Fsp3) is 0.381. The molecule has 0 saturated heterocycles. The molecule has 0 aliphatic heterocycles. The van der Waals surface area contributed by atoms with Crippen molar-refractivity contribution in [1.82, 2.24) is 30.0 Å². The van der Waals surface area contributed by atoms with Gasteiger partial charge in [-0.15, -0.1) is 0 Å². The van der Waals surface area contributed by atoms with Gasteiger partial charge < -0.3 is 20.4 Å². The van der Waals surface area contributed by atoms with E-state index in [1.165, 1.54) is 18.2 Å². The van der Waals surface area contributed by atoms with E-state index in [1.807, 2.05) is 26.0 Å². The number of nitrogens with zero attached hydrogens (tertiary/aromatic N) is 6. The van der Waals surface area contributed by atoms with Gasteiger partial charge in [0.2, 0.25) is 17.8 Å². The molecule has 3 N–H and O–H groups in total. The molecule has 3 aromatic rings. The molecule has 11 heteroatoms. The Morgan fingerprint density at radius 1 is 1.12 bits per heavy atom. The highest BCUT2D eigenvalue weighted by Crippen LogP contribution is 2.16. The number of halogens is 1. The number of aromatic nitrogens is 5. The van der Waals surface area contributed by atoms with Gasteiger partial charge in [0.15, 0.2) is 5.82 Å². The third-order valence-electron chi connectivity index (χ3n) is 4.51. The number of aryl methyl sites for hydroxylation is 1. The monoisotopic (exact) mass is 441 g/mol. The Labute approximate surface area is 186 Å². The topological polar surface area (TPSA) is 115 Å². The summed E-state index contributed by atoms with van der Waals surface area (Å²) in [5.41, 5.74) is 0.990. The first-order valence-electron chi connectivity index (χ1n) is 10.2. The maximum absolute atomic E-state index is 13.3. The van der Waals surface area contributed by atoms with Crippen molar-refractivity contribution in [2.45, 2.75) is 19.8 Å². The minimum atomic E-state index is -0.411. The quantitative estimate of drug-likeness (QED) is 0.439. The van der Waals surface area contributed by atoms with E-state index in [9.17, 15) is 9.18 Å². The molecule has 10 nitrogen and oxygen atoms in total. The van der Waals surface area contributed by atoms with Crippen molar-refractivity contribution >= 4 is 29.3 Å². The first kappa shape index (κ1) is 23.1. The summed E-state index contributed by atoms with van der Waals surface area (Å²) < 4.78 is 13.3. The molecule has 0 spiro atoms. The molecular formula is C21H28FN9O.